The van der Waals surface area contributed by atoms with Crippen LogP contribution < -0.4 is 10.0 Å². The van der Waals surface area contributed by atoms with Crippen LogP contribution >= 0.6 is 0 Å². The molecule has 1 fully saturated rings. The molecule has 0 radical (unpaired) electrons. The van der Waals surface area contributed by atoms with Crippen molar-refractivity contribution in [2.24, 2.45) is 0 Å². The van der Waals surface area contributed by atoms with Crippen molar-refractivity contribution in [3.05, 3.63) is 60.3 Å². The first-order valence-corrected chi connectivity index (χ1v) is 10.0. The Balaban J connectivity index is 1.62. The van der Waals surface area contributed by atoms with E-state index >= 15 is 0 Å². The van der Waals surface area contributed by atoms with E-state index in [1.807, 2.05) is 18.3 Å². The Labute approximate surface area is 147 Å². The molecule has 0 bridgehead atoms. The van der Waals surface area contributed by atoms with Crippen LogP contribution in [-0.2, 0) is 16.4 Å². The Kier molecular flexibility index (Phi) is 4.23. The molecular weight excluding hydrogens is 334 g/mol. The van der Waals surface area contributed by atoms with E-state index < -0.39 is 10.0 Å². The molecular formula is C19H21N3O2S. The molecule has 0 unspecified atom stereocenters. The Morgan fingerprint density at radius 2 is 1.96 bits per heavy atom. The van der Waals surface area contributed by atoms with E-state index in [4.69, 9.17) is 0 Å². The average Bonchev–Trinajstić information content (AvgIpc) is 3.26. The van der Waals surface area contributed by atoms with Crippen LogP contribution in [0.15, 0.2) is 59.6 Å². The second-order valence-electron chi connectivity index (χ2n) is 6.49. The van der Waals surface area contributed by atoms with Crippen LogP contribution in [0.25, 0.3) is 10.9 Å². The lowest BCUT2D eigenvalue weighted by molar-refractivity contribution is 0.601. The van der Waals surface area contributed by atoms with E-state index in [2.05, 4.69) is 15.0 Å². The maximum absolute atomic E-state index is 12.5. The summed E-state index contributed by atoms with van der Waals surface area (Å²) >= 11 is 0. The first kappa shape index (κ1) is 16.2. The third kappa shape index (κ3) is 3.41. The van der Waals surface area contributed by atoms with E-state index in [0.717, 1.165) is 23.9 Å². The van der Waals surface area contributed by atoms with Gasteiger partial charge < -0.3 is 10.3 Å². The highest BCUT2D eigenvalue weighted by Crippen LogP contribution is 2.26. The number of benzene rings is 2. The van der Waals surface area contributed by atoms with Crippen molar-refractivity contribution in [1.29, 1.82) is 0 Å². The summed E-state index contributed by atoms with van der Waals surface area (Å²) in [5.41, 5.74) is 2.82. The third-order valence-corrected chi connectivity index (χ3v) is 6.10. The van der Waals surface area contributed by atoms with Crippen molar-refractivity contribution in [3.63, 3.8) is 0 Å². The summed E-state index contributed by atoms with van der Waals surface area (Å²) in [6, 6.07) is 14.5. The summed E-state index contributed by atoms with van der Waals surface area (Å²) in [6.45, 7) is 1.08. The molecule has 3 N–H and O–H groups in total. The smallest absolute Gasteiger partial charge is 0.261 e. The van der Waals surface area contributed by atoms with Gasteiger partial charge >= 0.3 is 0 Å². The number of hydrogen-bond donors (Lipinski definition) is 3. The highest BCUT2D eigenvalue weighted by molar-refractivity contribution is 7.92. The monoisotopic (exact) mass is 355 g/mol. The van der Waals surface area contributed by atoms with Gasteiger partial charge in [-0.25, -0.2) is 8.42 Å². The molecule has 1 aromatic heterocycles. The fraction of sp³-hybridized carbons (Fsp3) is 0.263. The second kappa shape index (κ2) is 6.54. The number of aromatic amines is 1. The van der Waals surface area contributed by atoms with Crippen LogP contribution in [0.3, 0.4) is 0 Å². The zero-order chi connectivity index (χ0) is 17.3. The van der Waals surface area contributed by atoms with Crippen LogP contribution in [0, 0.1) is 0 Å². The maximum Gasteiger partial charge on any atom is 0.261 e. The highest BCUT2D eigenvalue weighted by atomic mass is 32.2. The van der Waals surface area contributed by atoms with Gasteiger partial charge in [0, 0.05) is 28.8 Å². The van der Waals surface area contributed by atoms with Gasteiger partial charge in [-0.2, -0.15) is 0 Å². The van der Waals surface area contributed by atoms with Crippen LogP contribution in [-0.4, -0.2) is 26.0 Å². The Morgan fingerprint density at radius 3 is 2.72 bits per heavy atom. The molecule has 4 rings (SSSR count). The quantitative estimate of drug-likeness (QED) is 0.658. The minimum absolute atomic E-state index is 0.263. The lowest BCUT2D eigenvalue weighted by Gasteiger charge is -2.10. The predicted octanol–water partition coefficient (Wildman–Crippen LogP) is 3.26. The molecule has 3 aromatic rings. The van der Waals surface area contributed by atoms with Gasteiger partial charge in [-0.15, -0.1) is 0 Å². The largest absolute Gasteiger partial charge is 0.361 e. The third-order valence-electron chi connectivity index (χ3n) is 4.70. The molecule has 2 aromatic carbocycles. The van der Waals surface area contributed by atoms with E-state index in [1.54, 1.807) is 36.4 Å². The summed E-state index contributed by atoms with van der Waals surface area (Å²) in [5.74, 6) is 0. The maximum atomic E-state index is 12.5. The van der Waals surface area contributed by atoms with Gasteiger partial charge in [0.1, 0.15) is 0 Å². The minimum atomic E-state index is -3.57. The molecule has 5 nitrogen and oxygen atoms in total. The number of rotatable bonds is 5. The lowest BCUT2D eigenvalue weighted by atomic mass is 10.0. The van der Waals surface area contributed by atoms with Crippen LogP contribution in [0.5, 0.6) is 0 Å². The van der Waals surface area contributed by atoms with Crippen LogP contribution in [0.2, 0.25) is 0 Å². The highest BCUT2D eigenvalue weighted by Gasteiger charge is 2.18. The SMILES string of the molecule is O=S(=O)(Nc1ccc2[nH]cc(C[C@H]3CCCN3)c2c1)c1ccccc1. The fourth-order valence-electron chi connectivity index (χ4n) is 3.42. The zero-order valence-electron chi connectivity index (χ0n) is 13.8. The van der Waals surface area contributed by atoms with Crippen LogP contribution in [0.1, 0.15) is 18.4 Å². The number of aromatic nitrogens is 1. The average molecular weight is 355 g/mol. The van der Waals surface area contributed by atoms with Gasteiger partial charge in [0.25, 0.3) is 10.0 Å². The Bertz CT molecular complexity index is 974. The van der Waals surface area contributed by atoms with Gasteiger partial charge in [0.05, 0.1) is 4.90 Å². The molecule has 0 amide bonds. The van der Waals surface area contributed by atoms with Crippen LogP contribution in [0.4, 0.5) is 5.69 Å². The predicted molar refractivity (Wildman–Crippen MR) is 100 cm³/mol. The Morgan fingerprint density at radius 1 is 1.12 bits per heavy atom. The summed E-state index contributed by atoms with van der Waals surface area (Å²) < 4.78 is 27.7. The van der Waals surface area contributed by atoms with Gasteiger partial charge in [-0.05, 0) is 61.7 Å². The van der Waals surface area contributed by atoms with Gasteiger partial charge in [-0.3, -0.25) is 4.72 Å². The van der Waals surface area contributed by atoms with E-state index in [0.29, 0.717) is 11.7 Å². The summed E-state index contributed by atoms with van der Waals surface area (Å²) in [7, 11) is -3.57. The number of nitrogens with one attached hydrogen (secondary N) is 3. The topological polar surface area (TPSA) is 74.0 Å². The molecule has 0 aliphatic carbocycles. The zero-order valence-corrected chi connectivity index (χ0v) is 14.6. The Hall–Kier alpha value is -2.31. The van der Waals surface area contributed by atoms with Crippen molar-refractivity contribution in [1.82, 2.24) is 10.3 Å². The molecule has 1 atom stereocenters. The molecule has 6 heteroatoms. The van der Waals surface area contributed by atoms with Gasteiger partial charge in [0.15, 0.2) is 0 Å². The summed E-state index contributed by atoms with van der Waals surface area (Å²) in [5, 5.41) is 4.58. The first-order chi connectivity index (χ1) is 12.1. The molecule has 1 saturated heterocycles. The number of H-pyrrole nitrogens is 1. The van der Waals surface area contributed by atoms with Gasteiger partial charge in [-0.1, -0.05) is 18.2 Å². The number of fused-ring (bicyclic) bond motifs is 1. The molecule has 1 aliphatic heterocycles. The van der Waals surface area contributed by atoms with E-state index in [9.17, 15) is 8.42 Å². The first-order valence-electron chi connectivity index (χ1n) is 8.53. The van der Waals surface area contributed by atoms with E-state index in [1.165, 1.54) is 18.4 Å². The molecule has 25 heavy (non-hydrogen) atoms. The summed E-state index contributed by atoms with van der Waals surface area (Å²) in [4.78, 5) is 3.54. The molecule has 2 heterocycles. The van der Waals surface area contributed by atoms with Crippen molar-refractivity contribution in [2.45, 2.75) is 30.2 Å². The lowest BCUT2D eigenvalue weighted by Crippen LogP contribution is -2.23. The minimum Gasteiger partial charge on any atom is -0.361 e. The second-order valence-corrected chi connectivity index (χ2v) is 8.17. The molecule has 130 valence electrons. The van der Waals surface area contributed by atoms with Gasteiger partial charge in [0.2, 0.25) is 0 Å². The van der Waals surface area contributed by atoms with Crippen molar-refractivity contribution < 1.29 is 8.42 Å². The summed E-state index contributed by atoms with van der Waals surface area (Å²) in [6.07, 6.45) is 5.39. The molecule has 0 spiro atoms. The normalized spacial score (nSPS) is 17.8. The number of sulfonamides is 1. The molecule has 0 saturated carbocycles. The standard InChI is InChI=1S/C19H21N3O2S/c23-25(24,17-6-2-1-3-7-17)22-16-8-9-19-18(12-16)14(13-21-19)11-15-5-4-10-20-15/h1-3,6-9,12-13,15,20-22H,4-5,10-11H2/t15-/m1/s1. The number of anilines is 1. The fourth-order valence-corrected chi connectivity index (χ4v) is 4.49. The van der Waals surface area contributed by atoms with E-state index in [-0.39, 0.29) is 4.90 Å². The van der Waals surface area contributed by atoms with Crippen molar-refractivity contribution in [2.75, 3.05) is 11.3 Å². The number of hydrogen-bond acceptors (Lipinski definition) is 3. The van der Waals surface area contributed by atoms with Crippen molar-refractivity contribution >= 4 is 26.6 Å². The molecule has 1 aliphatic rings. The van der Waals surface area contributed by atoms with Crippen molar-refractivity contribution in [3.8, 4) is 0 Å².